The third-order valence-electron chi connectivity index (χ3n) is 5.47. The van der Waals surface area contributed by atoms with Crippen LogP contribution in [0.2, 0.25) is 0 Å². The second kappa shape index (κ2) is 8.67. The summed E-state index contributed by atoms with van der Waals surface area (Å²) >= 11 is 4.16. The fourth-order valence-electron chi connectivity index (χ4n) is 3.61. The molecular formula is C21H19BrN2O8S. The number of benzene rings is 1. The second-order valence-electron chi connectivity index (χ2n) is 7.20. The van der Waals surface area contributed by atoms with Gasteiger partial charge in [-0.3, -0.25) is 14.9 Å². The van der Waals surface area contributed by atoms with Crippen molar-refractivity contribution in [2.75, 3.05) is 14.2 Å². The normalized spacial score (nSPS) is 19.5. The molecule has 0 aliphatic carbocycles. The minimum Gasteiger partial charge on any atom is -0.506 e. The number of thioether (sulfide) groups is 1. The fourth-order valence-corrected chi connectivity index (χ4v) is 5.42. The lowest BCUT2D eigenvalue weighted by atomic mass is 9.92. The lowest BCUT2D eigenvalue weighted by molar-refractivity contribution is -0.385. The van der Waals surface area contributed by atoms with Crippen LogP contribution in [0, 0.1) is 17.0 Å². The number of ether oxygens (including phenoxy) is 2. The molecule has 12 heteroatoms. The molecule has 10 nitrogen and oxygen atoms in total. The van der Waals surface area contributed by atoms with E-state index in [1.807, 2.05) is 0 Å². The van der Waals surface area contributed by atoms with Gasteiger partial charge in [-0.25, -0.2) is 9.59 Å². The number of nitro groups is 1. The number of carbonyl (C=O) groups excluding carboxylic acids is 3. The van der Waals surface area contributed by atoms with Crippen molar-refractivity contribution in [3.8, 4) is 5.75 Å². The van der Waals surface area contributed by atoms with Crippen molar-refractivity contribution >= 4 is 51.1 Å². The first-order valence-electron chi connectivity index (χ1n) is 9.40. The van der Waals surface area contributed by atoms with Crippen molar-refractivity contribution in [3.63, 3.8) is 0 Å². The van der Waals surface area contributed by atoms with Crippen LogP contribution in [0.5, 0.6) is 5.75 Å². The van der Waals surface area contributed by atoms with E-state index in [-0.39, 0.29) is 32.4 Å². The Hall–Kier alpha value is -3.12. The van der Waals surface area contributed by atoms with Crippen LogP contribution >= 0.6 is 27.7 Å². The minimum absolute atomic E-state index is 0.00110. The van der Waals surface area contributed by atoms with Gasteiger partial charge >= 0.3 is 11.9 Å². The summed E-state index contributed by atoms with van der Waals surface area (Å²) in [5.41, 5.74) is -0.238. The number of phenolic OH excluding ortho intramolecular Hbond substituents is 1. The average Bonchev–Trinajstić information content (AvgIpc) is 3.06. The molecule has 0 aromatic heterocycles. The number of phenols is 1. The van der Waals surface area contributed by atoms with Crippen LogP contribution in [0.15, 0.2) is 44.6 Å². The van der Waals surface area contributed by atoms with E-state index in [9.17, 15) is 29.6 Å². The number of halogens is 1. The molecule has 1 aromatic rings. The number of nitro benzene ring substituents is 1. The molecule has 0 saturated carbocycles. The molecule has 0 spiro atoms. The summed E-state index contributed by atoms with van der Waals surface area (Å²) < 4.78 is 9.85. The molecule has 1 aromatic carbocycles. The highest BCUT2D eigenvalue weighted by molar-refractivity contribution is 9.10. The van der Waals surface area contributed by atoms with Gasteiger partial charge in [-0.2, -0.15) is 0 Å². The summed E-state index contributed by atoms with van der Waals surface area (Å²) in [6.07, 6.45) is 2.53. The number of Topliss-reactive ketones (excluding diaryl/α,β-unsaturated/α-hetero) is 1. The summed E-state index contributed by atoms with van der Waals surface area (Å²) in [6.45, 7) is 4.88. The predicted molar refractivity (Wildman–Crippen MR) is 122 cm³/mol. The quantitative estimate of drug-likeness (QED) is 0.255. The largest absolute Gasteiger partial charge is 0.506 e. The Morgan fingerprint density at radius 1 is 1.21 bits per heavy atom. The molecule has 1 atom stereocenters. The van der Waals surface area contributed by atoms with Gasteiger partial charge in [0.25, 0.3) is 5.69 Å². The van der Waals surface area contributed by atoms with E-state index in [1.54, 1.807) is 13.8 Å². The van der Waals surface area contributed by atoms with Crippen LogP contribution in [0.4, 0.5) is 5.69 Å². The SMILES string of the molecule is COC(=O)C1=CC(C(=O)c2cc([N+](=O)[O-])c(C)c(Br)c2O)=CN2C(C)=C(C)SC12C(=O)OC. The van der Waals surface area contributed by atoms with E-state index in [2.05, 4.69) is 15.9 Å². The highest BCUT2D eigenvalue weighted by Gasteiger charge is 2.58. The molecular weight excluding hydrogens is 520 g/mol. The van der Waals surface area contributed by atoms with E-state index in [4.69, 9.17) is 9.47 Å². The zero-order chi connectivity index (χ0) is 24.8. The van der Waals surface area contributed by atoms with E-state index >= 15 is 0 Å². The number of allylic oxidation sites excluding steroid dienone is 4. The number of rotatable bonds is 5. The highest BCUT2D eigenvalue weighted by atomic mass is 79.9. The number of methoxy groups -OCH3 is 2. The molecule has 0 amide bonds. The van der Waals surface area contributed by atoms with Crippen molar-refractivity contribution in [1.82, 2.24) is 4.90 Å². The first kappa shape index (κ1) is 24.5. The molecule has 2 heterocycles. The average molecular weight is 539 g/mol. The number of carbonyl (C=O) groups is 3. The second-order valence-corrected chi connectivity index (χ2v) is 9.40. The molecule has 1 unspecified atom stereocenters. The summed E-state index contributed by atoms with van der Waals surface area (Å²) in [6, 6.07) is 0.971. The monoisotopic (exact) mass is 538 g/mol. The van der Waals surface area contributed by atoms with Crippen LogP contribution in [0.1, 0.15) is 29.8 Å². The van der Waals surface area contributed by atoms with Crippen LogP contribution in [-0.2, 0) is 19.1 Å². The number of esters is 2. The number of nitrogens with zero attached hydrogens (tertiary/aromatic N) is 2. The Kier molecular flexibility index (Phi) is 6.44. The molecule has 0 radical (unpaired) electrons. The maximum Gasteiger partial charge on any atom is 0.348 e. The van der Waals surface area contributed by atoms with E-state index < -0.39 is 33.3 Å². The maximum absolute atomic E-state index is 13.4. The molecule has 0 fully saturated rings. The van der Waals surface area contributed by atoms with Gasteiger partial charge in [0.2, 0.25) is 4.87 Å². The zero-order valence-corrected chi connectivity index (χ0v) is 20.6. The Balaban J connectivity index is 2.26. The first-order valence-corrected chi connectivity index (χ1v) is 11.0. The third-order valence-corrected chi connectivity index (χ3v) is 7.92. The van der Waals surface area contributed by atoms with E-state index in [0.29, 0.717) is 10.6 Å². The Bertz CT molecular complexity index is 1220. The summed E-state index contributed by atoms with van der Waals surface area (Å²) in [7, 11) is 2.32. The number of fused-ring (bicyclic) bond motifs is 1. The Labute approximate surface area is 201 Å². The van der Waals surface area contributed by atoms with Crippen LogP contribution in [0.3, 0.4) is 0 Å². The van der Waals surface area contributed by atoms with Gasteiger partial charge in [0.1, 0.15) is 5.75 Å². The number of hydrogen-bond acceptors (Lipinski definition) is 10. The Morgan fingerprint density at radius 3 is 2.39 bits per heavy atom. The van der Waals surface area contributed by atoms with Gasteiger partial charge < -0.3 is 19.5 Å². The Morgan fingerprint density at radius 2 is 1.85 bits per heavy atom. The molecule has 174 valence electrons. The molecule has 0 saturated heterocycles. The molecule has 33 heavy (non-hydrogen) atoms. The third kappa shape index (κ3) is 3.62. The van der Waals surface area contributed by atoms with Gasteiger partial charge in [-0.1, -0.05) is 11.8 Å². The number of ketones is 1. The molecule has 1 N–H and O–H groups in total. The first-order chi connectivity index (χ1) is 15.4. The van der Waals surface area contributed by atoms with Crippen molar-refractivity contribution < 1.29 is 33.9 Å². The van der Waals surface area contributed by atoms with Crippen molar-refractivity contribution in [2.45, 2.75) is 25.6 Å². The zero-order valence-electron chi connectivity index (χ0n) is 18.2. The van der Waals surface area contributed by atoms with Crippen LogP contribution in [0.25, 0.3) is 0 Å². The van der Waals surface area contributed by atoms with Crippen molar-refractivity contribution in [2.24, 2.45) is 0 Å². The molecule has 3 rings (SSSR count). The van der Waals surface area contributed by atoms with Gasteiger partial charge in [0, 0.05) is 34.0 Å². The molecule has 2 aliphatic heterocycles. The molecule has 0 bridgehead atoms. The van der Waals surface area contributed by atoms with Crippen LogP contribution < -0.4 is 0 Å². The standard InChI is InChI=1S/C21H19BrN2O8S/c1-9-15(24(29)30)7-13(18(26)16(9)22)17(25)12-6-14(19(27)31-4)21(20(28)32-5)23(8-12)10(2)11(3)33-21/h6-8,26H,1-5H3. The van der Waals surface area contributed by atoms with E-state index in [0.717, 1.165) is 24.9 Å². The maximum atomic E-state index is 13.4. The number of aromatic hydroxyl groups is 1. The lowest BCUT2D eigenvalue weighted by Crippen LogP contribution is -2.52. The topological polar surface area (TPSA) is 136 Å². The van der Waals surface area contributed by atoms with Crippen molar-refractivity contribution in [1.29, 1.82) is 0 Å². The van der Waals surface area contributed by atoms with E-state index in [1.165, 1.54) is 31.2 Å². The van der Waals surface area contributed by atoms with Gasteiger partial charge in [-0.05, 0) is 42.8 Å². The smallest absolute Gasteiger partial charge is 0.348 e. The lowest BCUT2D eigenvalue weighted by Gasteiger charge is -2.38. The summed E-state index contributed by atoms with van der Waals surface area (Å²) in [4.78, 5) is 50.3. The highest BCUT2D eigenvalue weighted by Crippen LogP contribution is 2.53. The summed E-state index contributed by atoms with van der Waals surface area (Å²) in [5, 5.41) is 22.0. The number of hydrogen-bond donors (Lipinski definition) is 1. The summed E-state index contributed by atoms with van der Waals surface area (Å²) in [5.74, 6) is -2.89. The minimum atomic E-state index is -1.64. The fraction of sp³-hybridized carbons (Fsp3) is 0.286. The van der Waals surface area contributed by atoms with Gasteiger partial charge in [0.15, 0.2) is 5.78 Å². The predicted octanol–water partition coefficient (Wildman–Crippen LogP) is 3.72. The van der Waals surface area contributed by atoms with Gasteiger partial charge in [-0.15, -0.1) is 0 Å². The van der Waals surface area contributed by atoms with Crippen LogP contribution in [-0.4, -0.2) is 51.7 Å². The molecule has 2 aliphatic rings. The van der Waals surface area contributed by atoms with Crippen molar-refractivity contribution in [3.05, 3.63) is 65.8 Å². The van der Waals surface area contributed by atoms with Gasteiger partial charge in [0.05, 0.1) is 34.8 Å².